The third kappa shape index (κ3) is 4.33. The van der Waals surface area contributed by atoms with E-state index >= 15 is 0 Å². The number of primary sulfonamides is 1. The third-order valence-corrected chi connectivity index (χ3v) is 4.83. The molecule has 8 nitrogen and oxygen atoms in total. The van der Waals surface area contributed by atoms with Gasteiger partial charge in [0.2, 0.25) is 22.7 Å². The second-order valence-electron chi connectivity index (χ2n) is 5.47. The number of anilines is 1. The molecule has 1 aliphatic rings. The van der Waals surface area contributed by atoms with Crippen molar-refractivity contribution in [3.05, 3.63) is 47.0 Å². The Morgan fingerprint density at radius 1 is 1.30 bits per heavy atom. The first-order chi connectivity index (χ1) is 12.8. The Hall–Kier alpha value is -2.75. The van der Waals surface area contributed by atoms with Crippen molar-refractivity contribution in [3.8, 4) is 17.2 Å². The monoisotopic (exact) mass is 410 g/mol. The van der Waals surface area contributed by atoms with Gasteiger partial charge in [0.05, 0.1) is 22.7 Å². The number of nitrogens with two attached hydrogens (primary N) is 1. The molecule has 0 saturated carbocycles. The maximum Gasteiger partial charge on any atom is 0.248 e. The summed E-state index contributed by atoms with van der Waals surface area (Å²) < 4.78 is 38.6. The number of benzene rings is 2. The number of rotatable bonds is 5. The highest BCUT2D eigenvalue weighted by Crippen LogP contribution is 2.40. The van der Waals surface area contributed by atoms with Gasteiger partial charge in [-0.05, 0) is 42.0 Å². The fourth-order valence-electron chi connectivity index (χ4n) is 2.39. The number of fused-ring (bicyclic) bond motifs is 1. The summed E-state index contributed by atoms with van der Waals surface area (Å²) >= 11 is 6.09. The molecule has 1 amide bonds. The zero-order chi connectivity index (χ0) is 19.6. The zero-order valence-electron chi connectivity index (χ0n) is 14.1. The van der Waals surface area contributed by atoms with Crippen molar-refractivity contribution in [2.24, 2.45) is 5.14 Å². The molecule has 0 radical (unpaired) electrons. The summed E-state index contributed by atoms with van der Waals surface area (Å²) in [5.41, 5.74) is 0.798. The molecular formula is C17H15ClN2O6S. The molecule has 10 heteroatoms. The fraction of sp³-hybridized carbons (Fsp3) is 0.118. The van der Waals surface area contributed by atoms with Gasteiger partial charge in [-0.1, -0.05) is 11.6 Å². The summed E-state index contributed by atoms with van der Waals surface area (Å²) in [6.45, 7) is 0.0862. The quantitative estimate of drug-likeness (QED) is 0.731. The van der Waals surface area contributed by atoms with Crippen LogP contribution in [0.15, 0.2) is 41.3 Å². The van der Waals surface area contributed by atoms with Crippen LogP contribution in [-0.2, 0) is 14.8 Å². The first-order valence-corrected chi connectivity index (χ1v) is 9.49. The molecule has 0 aliphatic carbocycles. The number of methoxy groups -OCH3 is 1. The minimum Gasteiger partial charge on any atom is -0.495 e. The van der Waals surface area contributed by atoms with Crippen LogP contribution in [0.1, 0.15) is 5.56 Å². The number of carbonyl (C=O) groups is 1. The van der Waals surface area contributed by atoms with Crippen LogP contribution >= 0.6 is 11.6 Å². The molecule has 27 heavy (non-hydrogen) atoms. The second kappa shape index (κ2) is 7.47. The largest absolute Gasteiger partial charge is 0.495 e. The van der Waals surface area contributed by atoms with Crippen molar-refractivity contribution in [2.45, 2.75) is 4.90 Å². The van der Waals surface area contributed by atoms with Gasteiger partial charge in [-0.2, -0.15) is 0 Å². The van der Waals surface area contributed by atoms with Gasteiger partial charge in [0.25, 0.3) is 0 Å². The summed E-state index contributed by atoms with van der Waals surface area (Å²) in [5.74, 6) is 0.733. The molecule has 0 unspecified atom stereocenters. The molecule has 0 atom stereocenters. The molecule has 3 rings (SSSR count). The molecule has 142 valence electrons. The summed E-state index contributed by atoms with van der Waals surface area (Å²) in [7, 11) is -2.52. The molecule has 1 heterocycles. The molecule has 3 N–H and O–H groups in total. The van der Waals surface area contributed by atoms with Crippen molar-refractivity contribution >= 4 is 39.3 Å². The summed E-state index contributed by atoms with van der Waals surface area (Å²) in [4.78, 5) is 12.1. The normalized spacial score (nSPS) is 13.0. The SMILES string of the molecule is COc1ccc(S(N)(=O)=O)cc1NC(=O)C=Cc1cc(Cl)c2c(c1)OCO2. The smallest absolute Gasteiger partial charge is 0.248 e. The number of amides is 1. The number of halogens is 1. The van der Waals surface area contributed by atoms with Gasteiger partial charge >= 0.3 is 0 Å². The van der Waals surface area contributed by atoms with E-state index in [1.807, 2.05) is 0 Å². The lowest BCUT2D eigenvalue weighted by molar-refractivity contribution is -0.111. The van der Waals surface area contributed by atoms with Gasteiger partial charge in [0, 0.05) is 6.08 Å². The molecule has 0 fully saturated rings. The van der Waals surface area contributed by atoms with Gasteiger partial charge < -0.3 is 19.5 Å². The van der Waals surface area contributed by atoms with Crippen molar-refractivity contribution < 1.29 is 27.4 Å². The van der Waals surface area contributed by atoms with E-state index < -0.39 is 15.9 Å². The summed E-state index contributed by atoms with van der Waals surface area (Å²) in [6, 6.07) is 7.21. The standard InChI is InChI=1S/C17H15ClN2O6S/c1-24-14-4-3-11(27(19,22)23)8-13(14)20-16(21)5-2-10-6-12(18)17-15(7-10)25-9-26-17/h2-8H,9H2,1H3,(H,20,21)(H2,19,22,23). The van der Waals surface area contributed by atoms with Crippen LogP contribution in [0.25, 0.3) is 6.08 Å². The molecule has 1 aliphatic heterocycles. The lowest BCUT2D eigenvalue weighted by atomic mass is 10.2. The number of sulfonamides is 1. The van der Waals surface area contributed by atoms with E-state index in [4.69, 9.17) is 31.0 Å². The second-order valence-corrected chi connectivity index (χ2v) is 7.43. The van der Waals surface area contributed by atoms with Crippen molar-refractivity contribution in [3.63, 3.8) is 0 Å². The van der Waals surface area contributed by atoms with Crippen molar-refractivity contribution in [1.29, 1.82) is 0 Å². The Morgan fingerprint density at radius 2 is 2.07 bits per heavy atom. The number of nitrogens with one attached hydrogen (secondary N) is 1. The molecule has 2 aromatic rings. The van der Waals surface area contributed by atoms with Gasteiger partial charge in [-0.3, -0.25) is 4.79 Å². The number of carbonyl (C=O) groups excluding carboxylic acids is 1. The van der Waals surface area contributed by atoms with Crippen LogP contribution in [-0.4, -0.2) is 28.2 Å². The first kappa shape index (κ1) is 19.0. The van der Waals surface area contributed by atoms with Crippen molar-refractivity contribution in [2.75, 3.05) is 19.2 Å². The van der Waals surface area contributed by atoms with Crippen LogP contribution in [0.3, 0.4) is 0 Å². The minimum atomic E-state index is -3.92. The van der Waals surface area contributed by atoms with E-state index in [0.29, 0.717) is 22.1 Å². The minimum absolute atomic E-state index is 0.0862. The Kier molecular flexibility index (Phi) is 5.26. The van der Waals surface area contributed by atoms with Crippen LogP contribution < -0.4 is 24.7 Å². The highest BCUT2D eigenvalue weighted by atomic mass is 35.5. The predicted molar refractivity (Wildman–Crippen MR) is 99.6 cm³/mol. The van der Waals surface area contributed by atoms with Gasteiger partial charge in [0.15, 0.2) is 11.5 Å². The van der Waals surface area contributed by atoms with E-state index in [-0.39, 0.29) is 23.1 Å². The molecule has 0 aromatic heterocycles. The Balaban J connectivity index is 1.80. The van der Waals surface area contributed by atoms with Crippen LogP contribution in [0.2, 0.25) is 5.02 Å². The van der Waals surface area contributed by atoms with Gasteiger partial charge in [-0.15, -0.1) is 0 Å². The van der Waals surface area contributed by atoms with Gasteiger partial charge in [-0.25, -0.2) is 13.6 Å². The fourth-order valence-corrected chi connectivity index (χ4v) is 3.21. The average Bonchev–Trinajstić information content (AvgIpc) is 3.08. The van der Waals surface area contributed by atoms with Crippen LogP contribution in [0, 0.1) is 0 Å². The Labute approximate surface area is 160 Å². The van der Waals surface area contributed by atoms with E-state index in [2.05, 4.69) is 5.32 Å². The highest BCUT2D eigenvalue weighted by molar-refractivity contribution is 7.89. The third-order valence-electron chi connectivity index (χ3n) is 3.63. The maximum absolute atomic E-state index is 12.2. The topological polar surface area (TPSA) is 117 Å². The van der Waals surface area contributed by atoms with E-state index in [1.54, 1.807) is 12.1 Å². The lowest BCUT2D eigenvalue weighted by Gasteiger charge is -2.10. The van der Waals surface area contributed by atoms with E-state index in [1.165, 1.54) is 37.5 Å². The predicted octanol–water partition coefficient (Wildman–Crippen LogP) is 2.38. The van der Waals surface area contributed by atoms with Gasteiger partial charge in [0.1, 0.15) is 5.75 Å². The number of hydrogen-bond donors (Lipinski definition) is 2. The van der Waals surface area contributed by atoms with E-state index in [0.717, 1.165) is 0 Å². The molecule has 0 saturated heterocycles. The zero-order valence-corrected chi connectivity index (χ0v) is 15.6. The molecule has 2 aromatic carbocycles. The summed E-state index contributed by atoms with van der Waals surface area (Å²) in [6.07, 6.45) is 2.79. The average molecular weight is 411 g/mol. The summed E-state index contributed by atoms with van der Waals surface area (Å²) in [5, 5.41) is 8.03. The Morgan fingerprint density at radius 3 is 2.78 bits per heavy atom. The number of ether oxygens (including phenoxy) is 3. The highest BCUT2D eigenvalue weighted by Gasteiger charge is 2.18. The lowest BCUT2D eigenvalue weighted by Crippen LogP contribution is -2.14. The van der Waals surface area contributed by atoms with Crippen molar-refractivity contribution in [1.82, 2.24) is 0 Å². The number of hydrogen-bond acceptors (Lipinski definition) is 6. The maximum atomic E-state index is 12.2. The molecule has 0 bridgehead atoms. The Bertz CT molecular complexity index is 1040. The van der Waals surface area contributed by atoms with Crippen LogP contribution in [0.5, 0.6) is 17.2 Å². The van der Waals surface area contributed by atoms with Crippen LogP contribution in [0.4, 0.5) is 5.69 Å². The molecular weight excluding hydrogens is 396 g/mol. The first-order valence-electron chi connectivity index (χ1n) is 7.57. The van der Waals surface area contributed by atoms with E-state index in [9.17, 15) is 13.2 Å². The molecule has 0 spiro atoms.